The molecule has 5 heteroatoms. The van der Waals surface area contributed by atoms with Crippen LogP contribution in [0.1, 0.15) is 47.5 Å². The number of rotatable bonds is 8. The van der Waals surface area contributed by atoms with Crippen LogP contribution < -0.4 is 5.32 Å². The zero-order chi connectivity index (χ0) is 14.9. The van der Waals surface area contributed by atoms with Gasteiger partial charge < -0.3 is 19.9 Å². The van der Waals surface area contributed by atoms with Gasteiger partial charge in [-0.2, -0.15) is 0 Å². The van der Waals surface area contributed by atoms with E-state index in [2.05, 4.69) is 5.32 Å². The van der Waals surface area contributed by atoms with Gasteiger partial charge in [0.15, 0.2) is 0 Å². The SMILES string of the molecule is CCOCCC(CC)(CO)CNC(=O)OC(C)(C)C. The van der Waals surface area contributed by atoms with E-state index in [0.29, 0.717) is 26.2 Å². The summed E-state index contributed by atoms with van der Waals surface area (Å²) >= 11 is 0. The fourth-order valence-electron chi connectivity index (χ4n) is 1.64. The molecule has 19 heavy (non-hydrogen) atoms. The van der Waals surface area contributed by atoms with Gasteiger partial charge in [-0.3, -0.25) is 0 Å². The van der Waals surface area contributed by atoms with Crippen LogP contribution >= 0.6 is 0 Å². The molecular formula is C14H29NO4. The minimum absolute atomic E-state index is 0.0202. The monoisotopic (exact) mass is 275 g/mol. The largest absolute Gasteiger partial charge is 0.444 e. The molecule has 1 unspecified atom stereocenters. The molecule has 0 rings (SSSR count). The number of amides is 1. The van der Waals surface area contributed by atoms with Gasteiger partial charge in [0, 0.05) is 25.2 Å². The smallest absolute Gasteiger partial charge is 0.407 e. The van der Waals surface area contributed by atoms with Crippen LogP contribution in [-0.2, 0) is 9.47 Å². The molecule has 0 bridgehead atoms. The number of hydrogen-bond acceptors (Lipinski definition) is 4. The molecule has 0 aliphatic rings. The number of hydrogen-bond donors (Lipinski definition) is 2. The zero-order valence-electron chi connectivity index (χ0n) is 12.9. The number of aliphatic hydroxyl groups is 1. The zero-order valence-corrected chi connectivity index (χ0v) is 12.9. The molecule has 0 radical (unpaired) electrons. The normalized spacial score (nSPS) is 14.8. The van der Waals surface area contributed by atoms with Crippen molar-refractivity contribution in [3.05, 3.63) is 0 Å². The molecule has 0 spiro atoms. The third-order valence-corrected chi connectivity index (χ3v) is 3.07. The van der Waals surface area contributed by atoms with Gasteiger partial charge in [0.1, 0.15) is 5.60 Å². The maximum absolute atomic E-state index is 11.6. The number of aliphatic hydroxyl groups excluding tert-OH is 1. The van der Waals surface area contributed by atoms with Crippen molar-refractivity contribution in [2.75, 3.05) is 26.4 Å². The lowest BCUT2D eigenvalue weighted by Crippen LogP contribution is -2.42. The fraction of sp³-hybridized carbons (Fsp3) is 0.929. The average Bonchev–Trinajstić information content (AvgIpc) is 2.32. The summed E-state index contributed by atoms with van der Waals surface area (Å²) in [4.78, 5) is 11.6. The Balaban J connectivity index is 4.30. The van der Waals surface area contributed by atoms with Crippen molar-refractivity contribution >= 4 is 6.09 Å². The van der Waals surface area contributed by atoms with Crippen LogP contribution in [0.15, 0.2) is 0 Å². The summed E-state index contributed by atoms with van der Waals surface area (Å²) in [5.41, 5.74) is -0.852. The number of carbonyl (C=O) groups excluding carboxylic acids is 1. The summed E-state index contributed by atoms with van der Waals surface area (Å²) in [5, 5.41) is 12.3. The topological polar surface area (TPSA) is 67.8 Å². The molecule has 1 atom stereocenters. The molecule has 0 aliphatic carbocycles. The molecular weight excluding hydrogens is 246 g/mol. The Morgan fingerprint density at radius 2 is 1.89 bits per heavy atom. The van der Waals surface area contributed by atoms with Crippen molar-refractivity contribution in [3.63, 3.8) is 0 Å². The summed E-state index contributed by atoms with van der Waals surface area (Å²) in [6.45, 7) is 11.0. The van der Waals surface area contributed by atoms with Gasteiger partial charge in [-0.05, 0) is 40.5 Å². The maximum atomic E-state index is 11.6. The highest BCUT2D eigenvalue weighted by molar-refractivity contribution is 5.67. The van der Waals surface area contributed by atoms with E-state index in [0.717, 1.165) is 6.42 Å². The number of nitrogens with one attached hydrogen (secondary N) is 1. The molecule has 0 saturated heterocycles. The third-order valence-electron chi connectivity index (χ3n) is 3.07. The van der Waals surface area contributed by atoms with Gasteiger partial charge in [0.2, 0.25) is 0 Å². The number of ether oxygens (including phenoxy) is 2. The lowest BCUT2D eigenvalue weighted by atomic mass is 9.83. The first-order chi connectivity index (χ1) is 8.78. The summed E-state index contributed by atoms with van der Waals surface area (Å²) in [5.74, 6) is 0. The van der Waals surface area contributed by atoms with E-state index in [4.69, 9.17) is 9.47 Å². The first kappa shape index (κ1) is 18.2. The summed E-state index contributed by atoms with van der Waals surface area (Å²) in [6.07, 6.45) is 1.03. The summed E-state index contributed by atoms with van der Waals surface area (Å²) in [6, 6.07) is 0. The molecule has 0 aromatic heterocycles. The van der Waals surface area contributed by atoms with Gasteiger partial charge in [-0.1, -0.05) is 6.92 Å². The van der Waals surface area contributed by atoms with E-state index in [1.807, 2.05) is 34.6 Å². The minimum atomic E-state index is -0.510. The van der Waals surface area contributed by atoms with E-state index >= 15 is 0 Å². The van der Waals surface area contributed by atoms with Crippen LogP contribution in [0.2, 0.25) is 0 Å². The molecule has 0 aromatic rings. The average molecular weight is 275 g/mol. The predicted octanol–water partition coefficient (Wildman–Crippen LogP) is 2.33. The molecule has 5 nitrogen and oxygen atoms in total. The molecule has 114 valence electrons. The van der Waals surface area contributed by atoms with Gasteiger partial charge in [0.25, 0.3) is 0 Å². The first-order valence-electron chi connectivity index (χ1n) is 6.94. The second-order valence-corrected chi connectivity index (χ2v) is 5.81. The second kappa shape index (κ2) is 8.38. The third kappa shape index (κ3) is 8.06. The Labute approximate surface area is 116 Å². The number of carbonyl (C=O) groups is 1. The van der Waals surface area contributed by atoms with Gasteiger partial charge >= 0.3 is 6.09 Å². The lowest BCUT2D eigenvalue weighted by molar-refractivity contribution is 0.0368. The van der Waals surface area contributed by atoms with Gasteiger partial charge in [0.05, 0.1) is 6.61 Å². The van der Waals surface area contributed by atoms with Crippen LogP contribution in [-0.4, -0.2) is 43.2 Å². The van der Waals surface area contributed by atoms with Crippen molar-refractivity contribution in [2.24, 2.45) is 5.41 Å². The second-order valence-electron chi connectivity index (χ2n) is 5.81. The number of alkyl carbamates (subject to hydrolysis) is 1. The molecule has 0 saturated carbocycles. The van der Waals surface area contributed by atoms with Crippen molar-refractivity contribution in [1.29, 1.82) is 0 Å². The van der Waals surface area contributed by atoms with Crippen LogP contribution in [0.5, 0.6) is 0 Å². The Hall–Kier alpha value is -0.810. The lowest BCUT2D eigenvalue weighted by Gasteiger charge is -2.31. The highest BCUT2D eigenvalue weighted by Crippen LogP contribution is 2.25. The minimum Gasteiger partial charge on any atom is -0.444 e. The Morgan fingerprint density at radius 3 is 2.32 bits per heavy atom. The molecule has 0 aromatic carbocycles. The van der Waals surface area contributed by atoms with Crippen molar-refractivity contribution in [1.82, 2.24) is 5.32 Å². The van der Waals surface area contributed by atoms with Crippen LogP contribution in [0.3, 0.4) is 0 Å². The Bertz CT molecular complexity index is 257. The Kier molecular flexibility index (Phi) is 8.02. The van der Waals surface area contributed by atoms with Crippen molar-refractivity contribution in [2.45, 2.75) is 53.1 Å². The highest BCUT2D eigenvalue weighted by Gasteiger charge is 2.28. The quantitative estimate of drug-likeness (QED) is 0.667. The summed E-state index contributed by atoms with van der Waals surface area (Å²) < 4.78 is 10.5. The molecule has 0 fully saturated rings. The van der Waals surface area contributed by atoms with E-state index in [1.54, 1.807) is 0 Å². The predicted molar refractivity (Wildman–Crippen MR) is 75.2 cm³/mol. The van der Waals surface area contributed by atoms with Crippen LogP contribution in [0, 0.1) is 5.41 Å². The highest BCUT2D eigenvalue weighted by atomic mass is 16.6. The fourth-order valence-corrected chi connectivity index (χ4v) is 1.64. The van der Waals surface area contributed by atoms with Gasteiger partial charge in [-0.15, -0.1) is 0 Å². The molecule has 0 aliphatic heterocycles. The first-order valence-corrected chi connectivity index (χ1v) is 6.94. The van der Waals surface area contributed by atoms with E-state index in [-0.39, 0.29) is 12.0 Å². The van der Waals surface area contributed by atoms with E-state index in [9.17, 15) is 9.90 Å². The molecule has 1 amide bonds. The Morgan fingerprint density at radius 1 is 1.26 bits per heavy atom. The van der Waals surface area contributed by atoms with Crippen molar-refractivity contribution in [3.8, 4) is 0 Å². The van der Waals surface area contributed by atoms with Crippen LogP contribution in [0.25, 0.3) is 0 Å². The van der Waals surface area contributed by atoms with Crippen molar-refractivity contribution < 1.29 is 19.4 Å². The molecule has 2 N–H and O–H groups in total. The van der Waals surface area contributed by atoms with Crippen LogP contribution in [0.4, 0.5) is 4.79 Å². The van der Waals surface area contributed by atoms with E-state index in [1.165, 1.54) is 0 Å². The molecule has 0 heterocycles. The standard InChI is InChI=1S/C14H29NO4/c1-6-14(11-16,8-9-18-7-2)10-15-12(17)19-13(3,4)5/h16H,6-11H2,1-5H3,(H,15,17). The van der Waals surface area contributed by atoms with Gasteiger partial charge in [-0.25, -0.2) is 4.79 Å². The maximum Gasteiger partial charge on any atom is 0.407 e. The summed E-state index contributed by atoms with van der Waals surface area (Å²) in [7, 11) is 0. The van der Waals surface area contributed by atoms with E-state index < -0.39 is 11.7 Å².